The summed E-state index contributed by atoms with van der Waals surface area (Å²) in [5, 5.41) is 8.82. The number of hydrogen-bond donors (Lipinski definition) is 0. The van der Waals surface area contributed by atoms with E-state index in [0.717, 1.165) is 63.7 Å². The van der Waals surface area contributed by atoms with E-state index in [4.69, 9.17) is 4.74 Å². The highest BCUT2D eigenvalue weighted by molar-refractivity contribution is 5.48. The molecule has 0 saturated carbocycles. The number of rotatable bonds is 4. The van der Waals surface area contributed by atoms with Crippen LogP contribution in [0.3, 0.4) is 0 Å². The van der Waals surface area contributed by atoms with Crippen LogP contribution in [-0.4, -0.2) is 45.9 Å². The Morgan fingerprint density at radius 3 is 2.88 bits per heavy atom. The smallest absolute Gasteiger partial charge is 0.162 e. The van der Waals surface area contributed by atoms with Gasteiger partial charge in [-0.3, -0.25) is 4.90 Å². The Kier molecular flexibility index (Phi) is 4.71. The van der Waals surface area contributed by atoms with E-state index in [-0.39, 0.29) is 6.10 Å². The first-order valence-corrected chi connectivity index (χ1v) is 8.88. The van der Waals surface area contributed by atoms with Crippen LogP contribution < -0.4 is 0 Å². The number of aromatic nitrogens is 3. The van der Waals surface area contributed by atoms with E-state index in [0.29, 0.717) is 0 Å². The zero-order valence-corrected chi connectivity index (χ0v) is 14.0. The normalized spacial score (nSPS) is 21.9. The van der Waals surface area contributed by atoms with Gasteiger partial charge < -0.3 is 9.30 Å². The molecule has 0 N–H and O–H groups in total. The highest BCUT2D eigenvalue weighted by Crippen LogP contribution is 2.28. The van der Waals surface area contributed by atoms with Gasteiger partial charge in [-0.2, -0.15) is 0 Å². The topological polar surface area (TPSA) is 43.2 Å². The summed E-state index contributed by atoms with van der Waals surface area (Å²) in [7, 11) is 0. The zero-order chi connectivity index (χ0) is 16.2. The third-order valence-electron chi connectivity index (χ3n) is 4.84. The summed E-state index contributed by atoms with van der Waals surface area (Å²) in [6, 6.07) is 10.5. The Hall–Kier alpha value is -1.98. The maximum absolute atomic E-state index is 5.80. The SMILES string of the molecule is C(=C\c1ccccc1)/CN1CCc2nnc(C3CCCO3)n2CC1. The molecular weight excluding hydrogens is 300 g/mol. The highest BCUT2D eigenvalue weighted by Gasteiger charge is 2.26. The summed E-state index contributed by atoms with van der Waals surface area (Å²) in [6.45, 7) is 4.84. The predicted molar refractivity (Wildman–Crippen MR) is 93.6 cm³/mol. The van der Waals surface area contributed by atoms with Crippen molar-refractivity contribution < 1.29 is 4.74 Å². The van der Waals surface area contributed by atoms with Crippen LogP contribution in [0.2, 0.25) is 0 Å². The number of benzene rings is 1. The van der Waals surface area contributed by atoms with Crippen molar-refractivity contribution in [2.75, 3.05) is 26.2 Å². The van der Waals surface area contributed by atoms with Gasteiger partial charge in [0.15, 0.2) is 5.82 Å². The molecule has 1 aromatic carbocycles. The lowest BCUT2D eigenvalue weighted by Gasteiger charge is -2.17. The molecule has 1 aromatic heterocycles. The second-order valence-corrected chi connectivity index (χ2v) is 6.49. The second kappa shape index (κ2) is 7.28. The standard InChI is InChI=1S/C19H24N4O/c1-2-6-16(7-3-1)8-4-11-22-12-10-18-20-21-19(23(18)14-13-22)17-9-5-15-24-17/h1-4,6-8,17H,5,9-15H2/b8-4+. The van der Waals surface area contributed by atoms with Crippen LogP contribution in [0.5, 0.6) is 0 Å². The molecule has 2 aliphatic heterocycles. The van der Waals surface area contributed by atoms with E-state index in [1.54, 1.807) is 0 Å². The molecule has 0 aliphatic carbocycles. The first kappa shape index (κ1) is 15.5. The van der Waals surface area contributed by atoms with Gasteiger partial charge in [0.05, 0.1) is 0 Å². The maximum atomic E-state index is 5.80. The van der Waals surface area contributed by atoms with Crippen LogP contribution in [0.4, 0.5) is 0 Å². The van der Waals surface area contributed by atoms with Crippen LogP contribution in [-0.2, 0) is 17.7 Å². The lowest BCUT2D eigenvalue weighted by Crippen LogP contribution is -2.27. The molecule has 2 aromatic rings. The van der Waals surface area contributed by atoms with E-state index in [9.17, 15) is 0 Å². The lowest BCUT2D eigenvalue weighted by atomic mass is 10.2. The Labute approximate surface area is 143 Å². The molecule has 1 atom stereocenters. The van der Waals surface area contributed by atoms with Crippen molar-refractivity contribution in [3.63, 3.8) is 0 Å². The van der Waals surface area contributed by atoms with E-state index < -0.39 is 0 Å². The Morgan fingerprint density at radius 1 is 1.12 bits per heavy atom. The molecule has 1 fully saturated rings. The third kappa shape index (κ3) is 3.42. The molecule has 4 rings (SSSR count). The predicted octanol–water partition coefficient (Wildman–Crippen LogP) is 2.70. The molecule has 3 heterocycles. The van der Waals surface area contributed by atoms with Crippen molar-refractivity contribution in [2.45, 2.75) is 31.9 Å². The number of fused-ring (bicyclic) bond motifs is 1. The van der Waals surface area contributed by atoms with E-state index in [1.165, 1.54) is 5.56 Å². The summed E-state index contributed by atoms with van der Waals surface area (Å²) in [5.41, 5.74) is 1.25. The maximum Gasteiger partial charge on any atom is 0.162 e. The van der Waals surface area contributed by atoms with Crippen LogP contribution in [0.15, 0.2) is 36.4 Å². The molecule has 24 heavy (non-hydrogen) atoms. The van der Waals surface area contributed by atoms with Crippen LogP contribution in [0.25, 0.3) is 6.08 Å². The quantitative estimate of drug-likeness (QED) is 0.867. The number of hydrogen-bond acceptors (Lipinski definition) is 4. The molecule has 0 bridgehead atoms. The van der Waals surface area contributed by atoms with E-state index in [2.05, 4.69) is 56.1 Å². The summed E-state index contributed by atoms with van der Waals surface area (Å²) in [5.74, 6) is 2.14. The molecule has 5 heteroatoms. The summed E-state index contributed by atoms with van der Waals surface area (Å²) in [4.78, 5) is 2.48. The molecule has 0 amide bonds. The average molecular weight is 324 g/mol. The Balaban J connectivity index is 1.37. The molecular formula is C19H24N4O. The highest BCUT2D eigenvalue weighted by atomic mass is 16.5. The largest absolute Gasteiger partial charge is 0.370 e. The van der Waals surface area contributed by atoms with Gasteiger partial charge in [-0.25, -0.2) is 0 Å². The fourth-order valence-corrected chi connectivity index (χ4v) is 3.49. The number of ether oxygens (including phenoxy) is 1. The van der Waals surface area contributed by atoms with Crippen molar-refractivity contribution >= 4 is 6.08 Å². The molecule has 5 nitrogen and oxygen atoms in total. The zero-order valence-electron chi connectivity index (χ0n) is 14.0. The van der Waals surface area contributed by atoms with Crippen LogP contribution >= 0.6 is 0 Å². The fraction of sp³-hybridized carbons (Fsp3) is 0.474. The van der Waals surface area contributed by atoms with Gasteiger partial charge in [0.25, 0.3) is 0 Å². The van der Waals surface area contributed by atoms with Gasteiger partial charge in [0, 0.05) is 39.2 Å². The lowest BCUT2D eigenvalue weighted by molar-refractivity contribution is 0.101. The van der Waals surface area contributed by atoms with Gasteiger partial charge in [0.1, 0.15) is 11.9 Å². The molecule has 1 unspecified atom stereocenters. The minimum Gasteiger partial charge on any atom is -0.370 e. The monoisotopic (exact) mass is 324 g/mol. The molecule has 0 radical (unpaired) electrons. The van der Waals surface area contributed by atoms with Gasteiger partial charge in [-0.15, -0.1) is 10.2 Å². The van der Waals surface area contributed by atoms with Crippen molar-refractivity contribution in [3.8, 4) is 0 Å². The Bertz CT molecular complexity index is 689. The second-order valence-electron chi connectivity index (χ2n) is 6.49. The summed E-state index contributed by atoms with van der Waals surface area (Å²) < 4.78 is 8.09. The van der Waals surface area contributed by atoms with Crippen molar-refractivity contribution in [1.82, 2.24) is 19.7 Å². The first-order valence-electron chi connectivity index (χ1n) is 8.88. The molecule has 2 aliphatic rings. The van der Waals surface area contributed by atoms with E-state index in [1.807, 2.05) is 6.07 Å². The minimum absolute atomic E-state index is 0.149. The first-order chi connectivity index (χ1) is 11.9. The van der Waals surface area contributed by atoms with Gasteiger partial charge in [-0.05, 0) is 18.4 Å². The van der Waals surface area contributed by atoms with Gasteiger partial charge >= 0.3 is 0 Å². The molecule has 0 spiro atoms. The Morgan fingerprint density at radius 2 is 2.04 bits per heavy atom. The third-order valence-corrected chi connectivity index (χ3v) is 4.84. The van der Waals surface area contributed by atoms with Crippen molar-refractivity contribution in [1.29, 1.82) is 0 Å². The van der Waals surface area contributed by atoms with Gasteiger partial charge in [0.2, 0.25) is 0 Å². The van der Waals surface area contributed by atoms with Gasteiger partial charge in [-0.1, -0.05) is 42.5 Å². The minimum atomic E-state index is 0.149. The van der Waals surface area contributed by atoms with E-state index >= 15 is 0 Å². The van der Waals surface area contributed by atoms with Crippen molar-refractivity contribution in [3.05, 3.63) is 53.6 Å². The summed E-state index contributed by atoms with van der Waals surface area (Å²) in [6.07, 6.45) is 7.76. The average Bonchev–Trinajstić information content (AvgIpc) is 3.23. The van der Waals surface area contributed by atoms with Crippen LogP contribution in [0, 0.1) is 0 Å². The molecule has 1 saturated heterocycles. The van der Waals surface area contributed by atoms with Crippen molar-refractivity contribution in [2.24, 2.45) is 0 Å². The number of nitrogens with zero attached hydrogens (tertiary/aromatic N) is 4. The molecule has 126 valence electrons. The summed E-state index contributed by atoms with van der Waals surface area (Å²) >= 11 is 0. The van der Waals surface area contributed by atoms with Crippen LogP contribution in [0.1, 0.15) is 36.2 Å². The fourth-order valence-electron chi connectivity index (χ4n) is 3.49.